The lowest BCUT2D eigenvalue weighted by molar-refractivity contribution is -0.123. The van der Waals surface area contributed by atoms with Gasteiger partial charge in [-0.05, 0) is 24.3 Å². The third-order valence-electron chi connectivity index (χ3n) is 5.23. The highest BCUT2D eigenvalue weighted by Gasteiger charge is 2.21. The van der Waals surface area contributed by atoms with E-state index in [4.69, 9.17) is 4.74 Å². The molecule has 11 nitrogen and oxygen atoms in total. The number of nitrogens with zero attached hydrogens (tertiary/aromatic N) is 4. The van der Waals surface area contributed by atoms with Crippen LogP contribution in [-0.2, 0) is 25.1 Å². The molecule has 2 fully saturated rings. The fraction of sp³-hybridized carbons (Fsp3) is 0.429. The van der Waals surface area contributed by atoms with Crippen LogP contribution in [0.1, 0.15) is 5.69 Å². The van der Waals surface area contributed by atoms with Crippen molar-refractivity contribution in [1.82, 2.24) is 20.2 Å². The van der Waals surface area contributed by atoms with E-state index in [1.807, 2.05) is 4.90 Å². The van der Waals surface area contributed by atoms with Gasteiger partial charge < -0.3 is 25.2 Å². The van der Waals surface area contributed by atoms with Crippen molar-refractivity contribution in [2.45, 2.75) is 5.75 Å². The van der Waals surface area contributed by atoms with Crippen molar-refractivity contribution in [3.8, 4) is 11.4 Å². The van der Waals surface area contributed by atoms with E-state index in [1.54, 1.807) is 30.3 Å². The van der Waals surface area contributed by atoms with Gasteiger partial charge in [-0.3, -0.25) is 4.79 Å². The van der Waals surface area contributed by atoms with Gasteiger partial charge in [0.1, 0.15) is 12.4 Å². The summed E-state index contributed by atoms with van der Waals surface area (Å²) in [5, 5.41) is 5.46. The van der Waals surface area contributed by atoms with Gasteiger partial charge in [-0.15, -0.1) is 0 Å². The molecule has 176 valence electrons. The molecule has 0 saturated carbocycles. The summed E-state index contributed by atoms with van der Waals surface area (Å²) in [6.45, 7) is 3.37. The first-order chi connectivity index (χ1) is 15.8. The van der Waals surface area contributed by atoms with Crippen LogP contribution in [0.3, 0.4) is 0 Å². The summed E-state index contributed by atoms with van der Waals surface area (Å²) < 4.78 is 29.1. The predicted octanol–water partition coefficient (Wildman–Crippen LogP) is 0.489. The Morgan fingerprint density at radius 2 is 1.88 bits per heavy atom. The lowest BCUT2D eigenvalue weighted by atomic mass is 10.2. The molecule has 1 aromatic carbocycles. The second-order valence-corrected chi connectivity index (χ2v) is 10.1. The maximum atomic E-state index is 12.4. The van der Waals surface area contributed by atoms with Crippen molar-refractivity contribution in [2.75, 3.05) is 62.4 Å². The lowest BCUT2D eigenvalue weighted by Gasteiger charge is -2.28. The van der Waals surface area contributed by atoms with Crippen molar-refractivity contribution in [2.24, 2.45) is 0 Å². The Labute approximate surface area is 192 Å². The van der Waals surface area contributed by atoms with E-state index in [9.17, 15) is 18.0 Å². The number of carbonyl (C=O) groups is 2. The van der Waals surface area contributed by atoms with E-state index in [2.05, 4.69) is 20.6 Å². The molecular weight excluding hydrogens is 448 g/mol. The Bertz CT molecular complexity index is 1130. The normalized spacial score (nSPS) is 16.9. The molecular formula is C21H26N6O5S. The largest absolute Gasteiger partial charge is 0.378 e. The summed E-state index contributed by atoms with van der Waals surface area (Å²) in [6.07, 6.45) is 1.17. The number of sulfone groups is 1. The van der Waals surface area contributed by atoms with E-state index < -0.39 is 9.84 Å². The Morgan fingerprint density at radius 1 is 1.15 bits per heavy atom. The molecule has 0 bridgehead atoms. The molecule has 4 rings (SSSR count). The van der Waals surface area contributed by atoms with Crippen LogP contribution in [0.25, 0.3) is 11.4 Å². The van der Waals surface area contributed by atoms with Crippen LogP contribution in [-0.4, -0.2) is 87.4 Å². The van der Waals surface area contributed by atoms with Gasteiger partial charge in [0, 0.05) is 49.8 Å². The van der Waals surface area contributed by atoms with Gasteiger partial charge in [0.15, 0.2) is 15.7 Å². The summed E-state index contributed by atoms with van der Waals surface area (Å²) in [4.78, 5) is 36.5. The zero-order valence-corrected chi connectivity index (χ0v) is 19.1. The number of hydrogen-bond donors (Lipinski definition) is 2. The molecule has 2 aliphatic heterocycles. The highest BCUT2D eigenvalue weighted by Crippen LogP contribution is 2.23. The Hall–Kier alpha value is -3.25. The van der Waals surface area contributed by atoms with Crippen LogP contribution in [0.5, 0.6) is 0 Å². The van der Waals surface area contributed by atoms with Gasteiger partial charge in [0.2, 0.25) is 5.91 Å². The smallest absolute Gasteiger partial charge is 0.322 e. The minimum atomic E-state index is -3.27. The van der Waals surface area contributed by atoms with E-state index in [0.29, 0.717) is 68.0 Å². The average molecular weight is 475 g/mol. The highest BCUT2D eigenvalue weighted by molar-refractivity contribution is 7.89. The molecule has 3 amide bonds. The molecule has 2 N–H and O–H groups in total. The molecule has 2 aromatic rings. The standard InChI is InChI=1S/C21H26N6O5S/c1-33(30,31)14-17-12-18(26-8-10-32-11-9-26)25-20(23-17)15-2-4-16(5-3-15)24-21(29)27-7-6-22-19(28)13-27/h2-5,12H,6-11,13-14H2,1H3,(H,22,28)(H,24,29). The number of ether oxygens (including phenoxy) is 1. The zero-order chi connectivity index (χ0) is 23.4. The van der Waals surface area contributed by atoms with Crippen molar-refractivity contribution in [1.29, 1.82) is 0 Å². The molecule has 0 aliphatic carbocycles. The molecule has 0 atom stereocenters. The third-order valence-corrected chi connectivity index (χ3v) is 6.05. The minimum Gasteiger partial charge on any atom is -0.378 e. The van der Waals surface area contributed by atoms with Crippen LogP contribution in [0, 0.1) is 0 Å². The van der Waals surface area contributed by atoms with Gasteiger partial charge >= 0.3 is 6.03 Å². The molecule has 33 heavy (non-hydrogen) atoms. The number of urea groups is 1. The van der Waals surface area contributed by atoms with Crippen molar-refractivity contribution in [3.63, 3.8) is 0 Å². The summed E-state index contributed by atoms with van der Waals surface area (Å²) in [6, 6.07) is 8.33. The van der Waals surface area contributed by atoms with E-state index >= 15 is 0 Å². The first-order valence-electron chi connectivity index (χ1n) is 10.6. The quantitative estimate of drug-likeness (QED) is 0.640. The third kappa shape index (κ3) is 6.17. The van der Waals surface area contributed by atoms with Crippen molar-refractivity contribution < 1.29 is 22.7 Å². The SMILES string of the molecule is CS(=O)(=O)Cc1cc(N2CCOCC2)nc(-c2ccc(NC(=O)N3CCNC(=O)C3)cc2)n1. The van der Waals surface area contributed by atoms with Crippen LogP contribution in [0.4, 0.5) is 16.3 Å². The molecule has 2 saturated heterocycles. The van der Waals surface area contributed by atoms with Crippen LogP contribution >= 0.6 is 0 Å². The Balaban J connectivity index is 1.55. The zero-order valence-electron chi connectivity index (χ0n) is 18.3. The second-order valence-electron chi connectivity index (χ2n) is 7.99. The number of anilines is 2. The topological polar surface area (TPSA) is 134 Å². The number of piperazine rings is 1. The monoisotopic (exact) mass is 474 g/mol. The second kappa shape index (κ2) is 9.71. The first-order valence-corrected chi connectivity index (χ1v) is 12.6. The number of hydrogen-bond acceptors (Lipinski definition) is 8. The van der Waals surface area contributed by atoms with Gasteiger partial charge in [0.25, 0.3) is 0 Å². The summed E-state index contributed by atoms with van der Waals surface area (Å²) in [7, 11) is -3.27. The van der Waals surface area contributed by atoms with Crippen LogP contribution in [0.2, 0.25) is 0 Å². The van der Waals surface area contributed by atoms with E-state index in [0.717, 1.165) is 0 Å². The molecule has 0 spiro atoms. The summed E-state index contributed by atoms with van der Waals surface area (Å²) in [5.41, 5.74) is 1.68. The fourth-order valence-corrected chi connectivity index (χ4v) is 4.31. The highest BCUT2D eigenvalue weighted by atomic mass is 32.2. The number of aromatic nitrogens is 2. The maximum Gasteiger partial charge on any atom is 0.322 e. The van der Waals surface area contributed by atoms with Gasteiger partial charge in [0.05, 0.1) is 24.7 Å². The molecule has 12 heteroatoms. The fourth-order valence-electron chi connectivity index (χ4n) is 3.63. The Morgan fingerprint density at radius 3 is 2.55 bits per heavy atom. The summed E-state index contributed by atoms with van der Waals surface area (Å²) >= 11 is 0. The number of rotatable bonds is 5. The van der Waals surface area contributed by atoms with Gasteiger partial charge in [-0.1, -0.05) is 0 Å². The van der Waals surface area contributed by atoms with E-state index in [1.165, 1.54) is 11.2 Å². The average Bonchev–Trinajstić information content (AvgIpc) is 2.79. The van der Waals surface area contributed by atoms with Crippen molar-refractivity contribution >= 4 is 33.3 Å². The van der Waals surface area contributed by atoms with Crippen LogP contribution < -0.4 is 15.5 Å². The Kier molecular flexibility index (Phi) is 6.75. The summed E-state index contributed by atoms with van der Waals surface area (Å²) in [5.74, 6) is 0.692. The predicted molar refractivity (Wildman–Crippen MR) is 123 cm³/mol. The number of nitrogens with one attached hydrogen (secondary N) is 2. The lowest BCUT2D eigenvalue weighted by Crippen LogP contribution is -2.51. The number of benzene rings is 1. The number of morpholine rings is 1. The molecule has 1 aromatic heterocycles. The van der Waals surface area contributed by atoms with E-state index in [-0.39, 0.29) is 24.2 Å². The first kappa shape index (κ1) is 22.9. The number of carbonyl (C=O) groups excluding carboxylic acids is 2. The molecule has 0 unspecified atom stereocenters. The van der Waals surface area contributed by atoms with Crippen molar-refractivity contribution in [3.05, 3.63) is 36.0 Å². The van der Waals surface area contributed by atoms with Crippen LogP contribution in [0.15, 0.2) is 30.3 Å². The maximum absolute atomic E-state index is 12.4. The number of amides is 3. The minimum absolute atomic E-state index is 0.0230. The van der Waals surface area contributed by atoms with Gasteiger partial charge in [-0.2, -0.15) is 0 Å². The van der Waals surface area contributed by atoms with Gasteiger partial charge in [-0.25, -0.2) is 23.2 Å². The molecule has 0 radical (unpaired) electrons. The molecule has 3 heterocycles. The molecule has 2 aliphatic rings.